The molecule has 0 fully saturated rings. The predicted molar refractivity (Wildman–Crippen MR) is 70.5 cm³/mol. The van der Waals surface area contributed by atoms with E-state index in [0.29, 0.717) is 0 Å². The van der Waals surface area contributed by atoms with Crippen LogP contribution in [0.3, 0.4) is 0 Å². The van der Waals surface area contributed by atoms with E-state index >= 15 is 0 Å². The molecule has 10 heteroatoms. The van der Waals surface area contributed by atoms with Crippen LogP contribution in [0, 0.1) is 10.1 Å². The monoisotopic (exact) mass is 310 g/mol. The number of ether oxygens (including phenoxy) is 1. The van der Waals surface area contributed by atoms with Gasteiger partial charge in [0.25, 0.3) is 5.69 Å². The van der Waals surface area contributed by atoms with E-state index in [2.05, 4.69) is 14.7 Å². The van der Waals surface area contributed by atoms with Gasteiger partial charge in [-0.15, -0.1) is 0 Å². The number of rotatable bonds is 7. The number of nitrogens with zero attached hydrogens (tertiary/aromatic N) is 2. The van der Waals surface area contributed by atoms with Crippen molar-refractivity contribution in [2.75, 3.05) is 13.7 Å². The summed E-state index contributed by atoms with van der Waals surface area (Å²) in [5, 5.41) is 22.2. The maximum atomic E-state index is 11.6. The van der Waals surface area contributed by atoms with E-state index in [9.17, 15) is 24.5 Å². The molecule has 0 bridgehead atoms. The molecule has 0 amide bonds. The molecule has 0 aliphatic rings. The van der Waals surface area contributed by atoms with Gasteiger partial charge in [-0.1, -0.05) is 5.16 Å². The molecule has 1 aromatic carbocycles. The van der Waals surface area contributed by atoms with Crippen molar-refractivity contribution in [1.82, 2.24) is 0 Å². The molecule has 0 heterocycles. The lowest BCUT2D eigenvalue weighted by Crippen LogP contribution is -2.28. The van der Waals surface area contributed by atoms with Crippen molar-refractivity contribution in [3.63, 3.8) is 0 Å². The standard InChI is InChI=1S/C12H10N2O8/c1-21-13-10(11(16)17)9(15)6-22-12(18)7-2-4-8(5-3-7)14(19)20/h2-5H,6H2,1H3,(H,16,17). The highest BCUT2D eigenvalue weighted by Crippen LogP contribution is 2.12. The van der Waals surface area contributed by atoms with Gasteiger partial charge in [0.05, 0.1) is 10.5 Å². The SMILES string of the molecule is CON=C(C(=O)O)C(=O)COC(=O)c1ccc([N+](=O)[O-])cc1. The number of hydrogen-bond donors (Lipinski definition) is 1. The Morgan fingerprint density at radius 2 is 1.86 bits per heavy atom. The molecule has 0 aromatic heterocycles. The lowest BCUT2D eigenvalue weighted by Gasteiger charge is -2.04. The molecule has 22 heavy (non-hydrogen) atoms. The molecule has 0 aliphatic carbocycles. The number of carbonyl (C=O) groups is 3. The molecule has 0 unspecified atom stereocenters. The third-order valence-corrected chi connectivity index (χ3v) is 2.30. The molecule has 0 atom stereocenters. The second-order valence-electron chi connectivity index (χ2n) is 3.73. The van der Waals surface area contributed by atoms with Gasteiger partial charge in [0.2, 0.25) is 11.5 Å². The Hall–Kier alpha value is -3.30. The minimum Gasteiger partial charge on any atom is -0.476 e. The van der Waals surface area contributed by atoms with Crippen LogP contribution in [0.2, 0.25) is 0 Å². The Balaban J connectivity index is 2.69. The number of esters is 1. The molecule has 1 aromatic rings. The van der Waals surface area contributed by atoms with Gasteiger partial charge in [-0.05, 0) is 12.1 Å². The summed E-state index contributed by atoms with van der Waals surface area (Å²) in [6.07, 6.45) is 0. The van der Waals surface area contributed by atoms with E-state index in [0.717, 1.165) is 31.4 Å². The topological polar surface area (TPSA) is 145 Å². The number of benzene rings is 1. The van der Waals surface area contributed by atoms with E-state index in [-0.39, 0.29) is 11.3 Å². The first-order valence-corrected chi connectivity index (χ1v) is 5.66. The highest BCUT2D eigenvalue weighted by molar-refractivity contribution is 6.64. The second-order valence-corrected chi connectivity index (χ2v) is 3.73. The van der Waals surface area contributed by atoms with Gasteiger partial charge in [-0.25, -0.2) is 9.59 Å². The summed E-state index contributed by atoms with van der Waals surface area (Å²) >= 11 is 0. The molecule has 1 N–H and O–H groups in total. The van der Waals surface area contributed by atoms with Crippen molar-refractivity contribution in [3.05, 3.63) is 39.9 Å². The van der Waals surface area contributed by atoms with Gasteiger partial charge in [0, 0.05) is 12.1 Å². The average Bonchev–Trinajstić information content (AvgIpc) is 2.49. The van der Waals surface area contributed by atoms with Crippen molar-refractivity contribution in [3.8, 4) is 0 Å². The number of hydrogen-bond acceptors (Lipinski definition) is 8. The Kier molecular flexibility index (Phi) is 5.69. The summed E-state index contributed by atoms with van der Waals surface area (Å²) in [4.78, 5) is 47.8. The number of oxime groups is 1. The minimum absolute atomic E-state index is 0.0287. The number of nitro groups is 1. The second kappa shape index (κ2) is 7.47. The van der Waals surface area contributed by atoms with E-state index in [1.54, 1.807) is 0 Å². The fraction of sp³-hybridized carbons (Fsp3) is 0.167. The van der Waals surface area contributed by atoms with E-state index in [1.807, 2.05) is 0 Å². The molecular formula is C12H10N2O8. The Labute approximate surface area is 123 Å². The normalized spacial score (nSPS) is 10.7. The third-order valence-electron chi connectivity index (χ3n) is 2.30. The third kappa shape index (κ3) is 4.37. The van der Waals surface area contributed by atoms with Crippen molar-refractivity contribution < 1.29 is 34.0 Å². The summed E-state index contributed by atoms with van der Waals surface area (Å²) in [7, 11) is 1.05. The molecule has 0 saturated heterocycles. The van der Waals surface area contributed by atoms with Gasteiger partial charge >= 0.3 is 11.9 Å². The zero-order valence-corrected chi connectivity index (χ0v) is 11.2. The maximum Gasteiger partial charge on any atom is 0.361 e. The molecule has 0 radical (unpaired) electrons. The number of ketones is 1. The van der Waals surface area contributed by atoms with Crippen LogP contribution in [0.5, 0.6) is 0 Å². The van der Waals surface area contributed by atoms with Gasteiger partial charge in [0.15, 0.2) is 6.61 Å². The highest BCUT2D eigenvalue weighted by atomic mass is 16.6. The van der Waals surface area contributed by atoms with Crippen LogP contribution in [-0.2, 0) is 19.2 Å². The van der Waals surface area contributed by atoms with Gasteiger partial charge in [-0.2, -0.15) is 0 Å². The van der Waals surface area contributed by atoms with Crippen molar-refractivity contribution in [1.29, 1.82) is 0 Å². The molecule has 1 rings (SSSR count). The van der Waals surface area contributed by atoms with Crippen molar-refractivity contribution in [2.45, 2.75) is 0 Å². The van der Waals surface area contributed by atoms with Gasteiger partial charge in [0.1, 0.15) is 7.11 Å². The summed E-state index contributed by atoms with van der Waals surface area (Å²) < 4.78 is 4.61. The van der Waals surface area contributed by atoms with E-state index in [1.165, 1.54) is 0 Å². The van der Waals surface area contributed by atoms with Crippen LogP contribution < -0.4 is 0 Å². The quantitative estimate of drug-likeness (QED) is 0.250. The number of carboxylic acid groups (broad SMARTS) is 1. The van der Waals surface area contributed by atoms with Crippen LogP contribution in [0.25, 0.3) is 0 Å². The Morgan fingerprint density at radius 1 is 1.27 bits per heavy atom. The van der Waals surface area contributed by atoms with Crippen molar-refractivity contribution in [2.24, 2.45) is 5.16 Å². The predicted octanol–water partition coefficient (Wildman–Crippen LogP) is 0.408. The minimum atomic E-state index is -1.63. The summed E-state index contributed by atoms with van der Waals surface area (Å²) in [5.74, 6) is -3.63. The Bertz CT molecular complexity index is 635. The number of carboxylic acids is 1. The summed E-state index contributed by atoms with van der Waals surface area (Å²) in [6.45, 7) is -0.857. The van der Waals surface area contributed by atoms with Crippen LogP contribution in [0.4, 0.5) is 5.69 Å². The zero-order valence-electron chi connectivity index (χ0n) is 11.2. The lowest BCUT2D eigenvalue weighted by atomic mass is 10.2. The number of Topliss-reactive ketones (excluding diaryl/α,β-unsaturated/α-hetero) is 1. The first kappa shape index (κ1) is 16.8. The van der Waals surface area contributed by atoms with Crippen LogP contribution in [0.1, 0.15) is 10.4 Å². The van der Waals surface area contributed by atoms with Gasteiger partial charge < -0.3 is 14.7 Å². The highest BCUT2D eigenvalue weighted by Gasteiger charge is 2.22. The van der Waals surface area contributed by atoms with Crippen LogP contribution in [-0.4, -0.2) is 47.2 Å². The number of aliphatic carboxylic acids is 1. The van der Waals surface area contributed by atoms with Crippen LogP contribution >= 0.6 is 0 Å². The molecule has 116 valence electrons. The Morgan fingerprint density at radius 3 is 2.32 bits per heavy atom. The number of carbonyl (C=O) groups excluding carboxylic acids is 2. The largest absolute Gasteiger partial charge is 0.476 e. The molecule has 0 spiro atoms. The molecular weight excluding hydrogens is 300 g/mol. The number of nitro benzene ring substituents is 1. The van der Waals surface area contributed by atoms with E-state index in [4.69, 9.17) is 5.11 Å². The molecule has 0 saturated carbocycles. The zero-order chi connectivity index (χ0) is 16.7. The first-order chi connectivity index (χ1) is 10.4. The van der Waals surface area contributed by atoms with Crippen LogP contribution in [0.15, 0.2) is 29.4 Å². The lowest BCUT2D eigenvalue weighted by molar-refractivity contribution is -0.384. The molecule has 0 aliphatic heterocycles. The number of non-ortho nitro benzene ring substituents is 1. The fourth-order valence-electron chi connectivity index (χ4n) is 1.30. The smallest absolute Gasteiger partial charge is 0.361 e. The van der Waals surface area contributed by atoms with Gasteiger partial charge in [-0.3, -0.25) is 14.9 Å². The maximum absolute atomic E-state index is 11.6. The van der Waals surface area contributed by atoms with Crippen molar-refractivity contribution >= 4 is 29.1 Å². The average molecular weight is 310 g/mol. The first-order valence-electron chi connectivity index (χ1n) is 5.66. The summed E-state index contributed by atoms with van der Waals surface area (Å²) in [6, 6.07) is 4.47. The molecule has 10 nitrogen and oxygen atoms in total. The summed E-state index contributed by atoms with van der Waals surface area (Å²) in [5.41, 5.74) is -1.16. The van der Waals surface area contributed by atoms with E-state index < -0.39 is 35.0 Å². The fourth-order valence-corrected chi connectivity index (χ4v) is 1.30.